The van der Waals surface area contributed by atoms with E-state index in [1.54, 1.807) is 12.1 Å². The van der Waals surface area contributed by atoms with Gasteiger partial charge in [-0.2, -0.15) is 0 Å². The fourth-order valence-corrected chi connectivity index (χ4v) is 3.27. The third-order valence-electron chi connectivity index (χ3n) is 4.26. The minimum absolute atomic E-state index is 0.0577. The number of ether oxygens (including phenoxy) is 1. The second-order valence-corrected chi connectivity index (χ2v) is 7.14. The molecule has 0 aliphatic rings. The van der Waals surface area contributed by atoms with E-state index in [2.05, 4.69) is 28.2 Å². The van der Waals surface area contributed by atoms with Crippen molar-refractivity contribution in [1.82, 2.24) is 0 Å². The summed E-state index contributed by atoms with van der Waals surface area (Å²) in [6, 6.07) is 12.6. The molecule has 0 fully saturated rings. The van der Waals surface area contributed by atoms with E-state index in [9.17, 15) is 9.59 Å². The van der Waals surface area contributed by atoms with Crippen LogP contribution in [0.3, 0.4) is 0 Å². The van der Waals surface area contributed by atoms with Crippen molar-refractivity contribution >= 4 is 38.5 Å². The summed E-state index contributed by atoms with van der Waals surface area (Å²) in [5.74, 6) is -0.0861. The molecule has 1 aromatic heterocycles. The van der Waals surface area contributed by atoms with Crippen LogP contribution in [0.4, 0.5) is 5.69 Å². The van der Waals surface area contributed by atoms with Gasteiger partial charge in [0, 0.05) is 15.5 Å². The molecule has 0 bridgehead atoms. The molecular formula is C21H20BrNO4. The lowest BCUT2D eigenvalue weighted by Gasteiger charge is -2.08. The Balaban J connectivity index is 1.87. The molecule has 140 valence electrons. The van der Waals surface area contributed by atoms with Gasteiger partial charge in [-0.1, -0.05) is 41.4 Å². The topological polar surface area (TPSA) is 68.5 Å². The van der Waals surface area contributed by atoms with Crippen LogP contribution in [-0.2, 0) is 6.42 Å². The number of nitrogens with one attached hydrogen (secondary N) is 1. The van der Waals surface area contributed by atoms with Gasteiger partial charge in [-0.15, -0.1) is 0 Å². The molecule has 6 heteroatoms. The van der Waals surface area contributed by atoms with Crippen LogP contribution in [0.5, 0.6) is 5.75 Å². The van der Waals surface area contributed by atoms with E-state index >= 15 is 0 Å². The van der Waals surface area contributed by atoms with E-state index in [0.29, 0.717) is 22.4 Å². The minimum atomic E-state index is -0.708. The number of hydrogen-bond donors (Lipinski definition) is 1. The maximum atomic E-state index is 12.6. The van der Waals surface area contributed by atoms with Gasteiger partial charge in [0.2, 0.25) is 0 Å². The minimum Gasteiger partial charge on any atom is -0.493 e. The second kappa shape index (κ2) is 8.39. The molecule has 0 aliphatic heterocycles. The van der Waals surface area contributed by atoms with Crippen molar-refractivity contribution in [2.45, 2.75) is 26.2 Å². The fourth-order valence-electron chi connectivity index (χ4n) is 2.81. The Labute approximate surface area is 165 Å². The second-order valence-electron chi connectivity index (χ2n) is 6.23. The van der Waals surface area contributed by atoms with Gasteiger partial charge in [-0.05, 0) is 48.7 Å². The van der Waals surface area contributed by atoms with Gasteiger partial charge < -0.3 is 14.5 Å². The molecule has 0 spiro atoms. The lowest BCUT2D eigenvalue weighted by molar-refractivity contribution is 0.102. The Hall–Kier alpha value is -2.60. The summed E-state index contributed by atoms with van der Waals surface area (Å²) in [7, 11) is 1.49. The van der Waals surface area contributed by atoms with Crippen LogP contribution < -0.4 is 15.7 Å². The fraction of sp³-hybridized carbons (Fsp3) is 0.238. The van der Waals surface area contributed by atoms with Crippen LogP contribution in [0.1, 0.15) is 35.7 Å². The van der Waals surface area contributed by atoms with Gasteiger partial charge in [-0.3, -0.25) is 4.79 Å². The van der Waals surface area contributed by atoms with Crippen molar-refractivity contribution < 1.29 is 13.9 Å². The zero-order valence-corrected chi connectivity index (χ0v) is 16.8. The first kappa shape index (κ1) is 19.2. The first-order chi connectivity index (χ1) is 13.0. The molecule has 2 aromatic carbocycles. The zero-order chi connectivity index (χ0) is 19.4. The van der Waals surface area contributed by atoms with Crippen molar-refractivity contribution in [1.29, 1.82) is 0 Å². The molecule has 5 nitrogen and oxygen atoms in total. The number of carbonyl (C=O) groups excluding carboxylic acids is 1. The molecule has 0 unspecified atom stereocenters. The number of aryl methyl sites for hydroxylation is 1. The molecule has 1 amide bonds. The molecule has 0 atom stereocenters. The molecular weight excluding hydrogens is 410 g/mol. The molecule has 1 heterocycles. The Morgan fingerprint density at radius 3 is 2.59 bits per heavy atom. The Kier molecular flexibility index (Phi) is 5.96. The molecule has 0 aliphatic carbocycles. The summed E-state index contributed by atoms with van der Waals surface area (Å²) in [6.07, 6.45) is 3.27. The third-order valence-corrected chi connectivity index (χ3v) is 4.72. The number of rotatable bonds is 6. The van der Waals surface area contributed by atoms with E-state index < -0.39 is 11.5 Å². The highest BCUT2D eigenvalue weighted by Gasteiger charge is 2.16. The SMILES string of the molecule is CCCCc1ccc(NC(=O)c2cc3cc(Br)cc(OC)c3oc2=O)cc1. The normalized spacial score (nSPS) is 10.8. The summed E-state index contributed by atoms with van der Waals surface area (Å²) in [6.45, 7) is 2.15. The number of halogens is 1. The van der Waals surface area contributed by atoms with Crippen LogP contribution in [0.15, 0.2) is 56.1 Å². The Morgan fingerprint density at radius 1 is 1.19 bits per heavy atom. The van der Waals surface area contributed by atoms with E-state index in [0.717, 1.165) is 23.7 Å². The van der Waals surface area contributed by atoms with Gasteiger partial charge in [0.25, 0.3) is 5.91 Å². The van der Waals surface area contributed by atoms with Crippen molar-refractivity contribution in [3.63, 3.8) is 0 Å². The largest absolute Gasteiger partial charge is 0.493 e. The highest BCUT2D eigenvalue weighted by molar-refractivity contribution is 9.10. The summed E-state index contributed by atoms with van der Waals surface area (Å²) in [5, 5.41) is 3.35. The number of unbranched alkanes of at least 4 members (excludes halogenated alkanes) is 1. The monoisotopic (exact) mass is 429 g/mol. The average Bonchev–Trinajstić information content (AvgIpc) is 2.66. The first-order valence-corrected chi connectivity index (χ1v) is 9.52. The summed E-state index contributed by atoms with van der Waals surface area (Å²) in [5.41, 5.74) is 1.39. The van der Waals surface area contributed by atoms with E-state index in [4.69, 9.17) is 9.15 Å². The molecule has 0 saturated heterocycles. The highest BCUT2D eigenvalue weighted by Crippen LogP contribution is 2.29. The number of amides is 1. The lowest BCUT2D eigenvalue weighted by Crippen LogP contribution is -2.20. The van der Waals surface area contributed by atoms with Crippen LogP contribution in [0.25, 0.3) is 11.0 Å². The van der Waals surface area contributed by atoms with Gasteiger partial charge >= 0.3 is 5.63 Å². The molecule has 3 rings (SSSR count). The number of benzene rings is 2. The number of fused-ring (bicyclic) bond motifs is 1. The Morgan fingerprint density at radius 2 is 1.93 bits per heavy atom. The Bertz CT molecular complexity index is 1020. The van der Waals surface area contributed by atoms with Crippen molar-refractivity contribution in [3.8, 4) is 5.75 Å². The lowest BCUT2D eigenvalue weighted by atomic mass is 10.1. The van der Waals surface area contributed by atoms with Crippen LogP contribution in [-0.4, -0.2) is 13.0 Å². The molecule has 3 aromatic rings. The van der Waals surface area contributed by atoms with Gasteiger partial charge in [0.1, 0.15) is 5.56 Å². The summed E-state index contributed by atoms with van der Waals surface area (Å²) >= 11 is 3.38. The maximum absolute atomic E-state index is 12.6. The molecule has 0 radical (unpaired) electrons. The van der Waals surface area contributed by atoms with Crippen LogP contribution >= 0.6 is 15.9 Å². The van der Waals surface area contributed by atoms with Crippen molar-refractivity contribution in [2.24, 2.45) is 0 Å². The summed E-state index contributed by atoms with van der Waals surface area (Å²) < 4.78 is 11.3. The van der Waals surface area contributed by atoms with Gasteiger partial charge in [0.05, 0.1) is 7.11 Å². The first-order valence-electron chi connectivity index (χ1n) is 8.73. The van der Waals surface area contributed by atoms with Crippen LogP contribution in [0.2, 0.25) is 0 Å². The van der Waals surface area contributed by atoms with E-state index in [1.807, 2.05) is 24.3 Å². The predicted octanol–water partition coefficient (Wildman–Crippen LogP) is 5.16. The standard InChI is InChI=1S/C21H20BrNO4/c1-3-4-5-13-6-8-16(9-7-13)23-20(24)17-11-14-10-15(22)12-18(26-2)19(14)27-21(17)25/h6-12H,3-5H2,1-2H3,(H,23,24). The quantitative estimate of drug-likeness (QED) is 0.549. The highest BCUT2D eigenvalue weighted by atomic mass is 79.9. The van der Waals surface area contributed by atoms with Crippen molar-refractivity contribution in [3.05, 3.63) is 68.5 Å². The van der Waals surface area contributed by atoms with Gasteiger partial charge in [0.15, 0.2) is 11.3 Å². The number of methoxy groups -OCH3 is 1. The average molecular weight is 430 g/mol. The maximum Gasteiger partial charge on any atom is 0.349 e. The number of carbonyl (C=O) groups is 1. The zero-order valence-electron chi connectivity index (χ0n) is 15.2. The van der Waals surface area contributed by atoms with E-state index in [-0.39, 0.29) is 5.56 Å². The number of anilines is 1. The van der Waals surface area contributed by atoms with E-state index in [1.165, 1.54) is 18.7 Å². The van der Waals surface area contributed by atoms with Crippen LogP contribution in [0, 0.1) is 0 Å². The third kappa shape index (κ3) is 4.39. The molecule has 1 N–H and O–H groups in total. The predicted molar refractivity (Wildman–Crippen MR) is 110 cm³/mol. The smallest absolute Gasteiger partial charge is 0.349 e. The molecule has 0 saturated carbocycles. The summed E-state index contributed by atoms with van der Waals surface area (Å²) in [4.78, 5) is 24.9. The van der Waals surface area contributed by atoms with Crippen molar-refractivity contribution in [2.75, 3.05) is 12.4 Å². The molecule has 27 heavy (non-hydrogen) atoms. The number of hydrogen-bond acceptors (Lipinski definition) is 4. The van der Waals surface area contributed by atoms with Gasteiger partial charge in [-0.25, -0.2) is 4.79 Å².